The molecule has 0 bridgehead atoms. The Kier molecular flexibility index (Phi) is 5.20. The molecule has 7 nitrogen and oxygen atoms in total. The summed E-state index contributed by atoms with van der Waals surface area (Å²) >= 11 is -1.10. The lowest BCUT2D eigenvalue weighted by molar-refractivity contribution is 0.170. The lowest BCUT2D eigenvalue weighted by Gasteiger charge is -2.32. The Morgan fingerprint density at radius 3 is 2.63 bits per heavy atom. The molecule has 0 amide bonds. The van der Waals surface area contributed by atoms with E-state index in [1.54, 1.807) is 12.1 Å². The fourth-order valence-electron chi connectivity index (χ4n) is 4.01. The first kappa shape index (κ1) is 19.8. The van der Waals surface area contributed by atoms with Crippen LogP contribution in [0.15, 0.2) is 29.2 Å². The van der Waals surface area contributed by atoms with Crippen molar-refractivity contribution in [2.24, 2.45) is 0 Å². The molecule has 1 atom stereocenters. The van der Waals surface area contributed by atoms with Gasteiger partial charge in [0.1, 0.15) is 29.1 Å². The van der Waals surface area contributed by atoms with Gasteiger partial charge in [-0.2, -0.15) is 4.98 Å². The second kappa shape index (κ2) is 7.86. The van der Waals surface area contributed by atoms with Gasteiger partial charge in [-0.15, -0.1) is 0 Å². The Balaban J connectivity index is 1.30. The Morgan fingerprint density at radius 1 is 1.23 bits per heavy atom. The number of aromatic nitrogens is 2. The summed E-state index contributed by atoms with van der Waals surface area (Å²) in [6.07, 6.45) is 4.14. The van der Waals surface area contributed by atoms with E-state index in [1.165, 1.54) is 12.1 Å². The molecule has 2 aromatic rings. The van der Waals surface area contributed by atoms with Crippen LogP contribution in [0.5, 0.6) is 5.75 Å². The van der Waals surface area contributed by atoms with Crippen molar-refractivity contribution in [3.63, 3.8) is 0 Å². The quantitative estimate of drug-likeness (QED) is 0.677. The fourth-order valence-corrected chi connectivity index (χ4v) is 5.32. The molecule has 0 spiro atoms. The van der Waals surface area contributed by atoms with E-state index in [9.17, 15) is 14.0 Å². The van der Waals surface area contributed by atoms with Gasteiger partial charge in [0, 0.05) is 32.4 Å². The van der Waals surface area contributed by atoms with Crippen LogP contribution in [0.25, 0.3) is 0 Å². The number of ether oxygens (including phenoxy) is 1. The number of rotatable bonds is 6. The Hall–Kier alpha value is -2.10. The first-order valence-corrected chi connectivity index (χ1v) is 11.7. The van der Waals surface area contributed by atoms with E-state index in [0.717, 1.165) is 44.5 Å². The fraction of sp³-hybridized carbons (Fsp3) is 0.524. The zero-order valence-corrected chi connectivity index (χ0v) is 17.5. The van der Waals surface area contributed by atoms with Gasteiger partial charge in [0.05, 0.1) is 12.1 Å². The number of aliphatic hydroxyl groups is 1. The summed E-state index contributed by atoms with van der Waals surface area (Å²) in [5, 5.41) is 13.0. The van der Waals surface area contributed by atoms with E-state index in [2.05, 4.69) is 10.2 Å². The van der Waals surface area contributed by atoms with Crippen molar-refractivity contribution >= 4 is 22.9 Å². The van der Waals surface area contributed by atoms with Gasteiger partial charge in [0.2, 0.25) is 10.8 Å². The molecular formula is C21H25FN4O3S. The van der Waals surface area contributed by atoms with Gasteiger partial charge in [0.15, 0.2) is 5.82 Å². The van der Waals surface area contributed by atoms with Crippen LogP contribution in [0.1, 0.15) is 31.4 Å². The molecule has 30 heavy (non-hydrogen) atoms. The molecule has 160 valence electrons. The van der Waals surface area contributed by atoms with Crippen LogP contribution in [0, 0.1) is 5.82 Å². The zero-order valence-electron chi connectivity index (χ0n) is 16.6. The maximum absolute atomic E-state index is 13.1. The Bertz CT molecular complexity index is 917. The number of halogens is 1. The predicted octanol–water partition coefficient (Wildman–Crippen LogP) is 2.26. The number of hydrogen-bond donors (Lipinski definition) is 2. The zero-order chi connectivity index (χ0) is 20.7. The third-order valence-electron chi connectivity index (χ3n) is 6.06. The highest BCUT2D eigenvalue weighted by atomic mass is 32.2. The number of aliphatic hydroxyl groups excluding tert-OH is 1. The van der Waals surface area contributed by atoms with Gasteiger partial charge >= 0.3 is 0 Å². The summed E-state index contributed by atoms with van der Waals surface area (Å²) in [7, 11) is 0. The van der Waals surface area contributed by atoms with Gasteiger partial charge in [-0.1, -0.05) is 0 Å². The average Bonchev–Trinajstić information content (AvgIpc) is 3.44. The second-order valence-electron chi connectivity index (χ2n) is 8.27. The highest BCUT2D eigenvalue weighted by molar-refractivity contribution is 7.91. The maximum Gasteiger partial charge on any atom is 0.227 e. The second-order valence-corrected chi connectivity index (χ2v) is 9.78. The van der Waals surface area contributed by atoms with Crippen molar-refractivity contribution in [3.05, 3.63) is 35.8 Å². The molecule has 1 aromatic heterocycles. The highest BCUT2D eigenvalue weighted by Gasteiger charge is 2.45. The summed E-state index contributed by atoms with van der Waals surface area (Å²) < 4.78 is 31.5. The van der Waals surface area contributed by atoms with Crippen LogP contribution in [0.2, 0.25) is 0 Å². The number of benzene rings is 1. The third-order valence-corrected chi connectivity index (χ3v) is 7.52. The average molecular weight is 433 g/mol. The molecule has 3 aliphatic rings. The lowest BCUT2D eigenvalue weighted by atomic mass is 10.1. The molecule has 1 unspecified atom stereocenters. The number of anilines is 2. The summed E-state index contributed by atoms with van der Waals surface area (Å²) in [6.45, 7) is 1.54. The first-order valence-electron chi connectivity index (χ1n) is 10.4. The van der Waals surface area contributed by atoms with E-state index in [0.29, 0.717) is 34.6 Å². The van der Waals surface area contributed by atoms with E-state index >= 15 is 0 Å². The normalized spacial score (nSPS) is 22.6. The summed E-state index contributed by atoms with van der Waals surface area (Å²) in [5.41, 5.74) is 0.515. The van der Waals surface area contributed by atoms with Crippen molar-refractivity contribution < 1.29 is 18.8 Å². The highest BCUT2D eigenvalue weighted by Crippen LogP contribution is 2.41. The van der Waals surface area contributed by atoms with E-state index in [-0.39, 0.29) is 24.1 Å². The van der Waals surface area contributed by atoms with E-state index in [4.69, 9.17) is 14.7 Å². The third kappa shape index (κ3) is 3.93. The van der Waals surface area contributed by atoms with Crippen LogP contribution >= 0.6 is 0 Å². The standard InChI is InChI=1S/C21H25FN4O3S/c22-14-1-3-15(4-2-14)29-16-5-10-26(11-6-16)20-23-17-7-12-30(28)18(17)19(24-20)25-21(13-27)8-9-21/h1-4,16,27H,5-13H2,(H,23,24,25). The van der Waals surface area contributed by atoms with Crippen molar-refractivity contribution in [3.8, 4) is 5.75 Å². The van der Waals surface area contributed by atoms with Gasteiger partial charge in [-0.3, -0.25) is 0 Å². The molecule has 9 heteroatoms. The monoisotopic (exact) mass is 432 g/mol. The van der Waals surface area contributed by atoms with Crippen LogP contribution in [0.3, 0.4) is 0 Å². The van der Waals surface area contributed by atoms with Gasteiger partial charge < -0.3 is 24.6 Å². The number of nitrogens with one attached hydrogen (secondary N) is 1. The summed E-state index contributed by atoms with van der Waals surface area (Å²) in [6, 6.07) is 6.11. The topological polar surface area (TPSA) is 93.6 Å². The van der Waals surface area contributed by atoms with Crippen molar-refractivity contribution in [1.29, 1.82) is 0 Å². The van der Waals surface area contributed by atoms with Gasteiger partial charge in [-0.25, -0.2) is 9.37 Å². The Labute approximate surface area is 177 Å². The van der Waals surface area contributed by atoms with Crippen LogP contribution in [0.4, 0.5) is 16.2 Å². The molecule has 0 radical (unpaired) electrons. The minimum Gasteiger partial charge on any atom is -0.611 e. The molecule has 5 rings (SSSR count). The predicted molar refractivity (Wildman–Crippen MR) is 112 cm³/mol. The summed E-state index contributed by atoms with van der Waals surface area (Å²) in [4.78, 5) is 12.3. The SMILES string of the molecule is [O-][S+]1CCc2nc(N3CCC(Oc4ccc(F)cc4)CC3)nc(NC3(CO)CC3)c21. The van der Waals surface area contributed by atoms with E-state index < -0.39 is 11.2 Å². The van der Waals surface area contributed by atoms with Crippen LogP contribution in [-0.4, -0.2) is 56.7 Å². The molecule has 1 saturated carbocycles. The number of aryl methyl sites for hydroxylation is 1. The molecule has 2 fully saturated rings. The first-order chi connectivity index (χ1) is 14.5. The minimum atomic E-state index is -1.10. The maximum atomic E-state index is 13.1. The number of fused-ring (bicyclic) bond motifs is 1. The minimum absolute atomic E-state index is 0.0415. The van der Waals surface area contributed by atoms with E-state index in [1.807, 2.05) is 0 Å². The molecule has 1 saturated heterocycles. The number of piperidine rings is 1. The van der Waals surface area contributed by atoms with Crippen molar-refractivity contribution in [2.45, 2.75) is 48.6 Å². The molecular weight excluding hydrogens is 407 g/mol. The summed E-state index contributed by atoms with van der Waals surface area (Å²) in [5.74, 6) is 2.23. The molecule has 2 N–H and O–H groups in total. The molecule has 3 heterocycles. The van der Waals surface area contributed by atoms with Crippen molar-refractivity contribution in [2.75, 3.05) is 35.7 Å². The lowest BCUT2D eigenvalue weighted by Crippen LogP contribution is -2.39. The molecule has 1 aromatic carbocycles. The number of hydrogen-bond acceptors (Lipinski definition) is 7. The number of nitrogens with zero attached hydrogens (tertiary/aromatic N) is 3. The van der Waals surface area contributed by atoms with Gasteiger partial charge in [0.25, 0.3) is 0 Å². The largest absolute Gasteiger partial charge is 0.611 e. The molecule has 1 aliphatic carbocycles. The molecule has 2 aliphatic heterocycles. The van der Waals surface area contributed by atoms with Crippen molar-refractivity contribution in [1.82, 2.24) is 9.97 Å². The Morgan fingerprint density at radius 2 is 1.97 bits per heavy atom. The van der Waals surface area contributed by atoms with Crippen LogP contribution in [-0.2, 0) is 17.6 Å². The van der Waals surface area contributed by atoms with Gasteiger partial charge in [-0.05, 0) is 48.3 Å². The van der Waals surface area contributed by atoms with Crippen LogP contribution < -0.4 is 15.0 Å². The smallest absolute Gasteiger partial charge is 0.227 e.